The maximum absolute atomic E-state index is 12.0. The van der Waals surface area contributed by atoms with E-state index in [1.165, 1.54) is 12.1 Å². The lowest BCUT2D eigenvalue weighted by molar-refractivity contribution is -0.411. The number of halogens is 2. The molecule has 0 aliphatic heterocycles. The average molecular weight is 250 g/mol. The summed E-state index contributed by atoms with van der Waals surface area (Å²) in [6, 6.07) is 16.4. The van der Waals surface area contributed by atoms with Crippen LogP contribution >= 0.6 is 0 Å². The van der Waals surface area contributed by atoms with Gasteiger partial charge in [-0.1, -0.05) is 30.3 Å². The molecule has 0 radical (unpaired) electrons. The van der Waals surface area contributed by atoms with Crippen molar-refractivity contribution in [2.45, 2.75) is 12.7 Å². The lowest BCUT2D eigenvalue weighted by Gasteiger charge is -2.10. The molecular weight excluding hydrogens is 236 g/mol. The van der Waals surface area contributed by atoms with Gasteiger partial charge in [0.1, 0.15) is 11.8 Å². The second-order valence-electron chi connectivity index (χ2n) is 3.91. The summed E-state index contributed by atoms with van der Waals surface area (Å²) >= 11 is 0. The lowest BCUT2D eigenvalue weighted by atomic mass is 10.00. The van der Waals surface area contributed by atoms with Crippen molar-refractivity contribution in [1.29, 1.82) is 0 Å². The lowest BCUT2D eigenvalue weighted by Crippen LogP contribution is -2.53. The third-order valence-corrected chi connectivity index (χ3v) is 2.71. The van der Waals surface area contributed by atoms with Crippen LogP contribution in [0.2, 0.25) is 0 Å². The van der Waals surface area contributed by atoms with Crippen molar-refractivity contribution >= 4 is 0 Å². The van der Waals surface area contributed by atoms with Crippen LogP contribution in [-0.4, -0.2) is 6.61 Å². The van der Waals surface area contributed by atoms with Gasteiger partial charge < -0.3 is 10.5 Å². The number of hydrogen-bond acceptors (Lipinski definition) is 1. The molecule has 0 aliphatic rings. The Balaban J connectivity index is 2.14. The molecule has 0 unspecified atom stereocenters. The summed E-state index contributed by atoms with van der Waals surface area (Å²) < 4.78 is 28.3. The molecule has 0 saturated heterocycles. The molecule has 0 fully saturated rings. The van der Waals surface area contributed by atoms with Crippen LogP contribution < -0.4 is 10.5 Å². The van der Waals surface area contributed by atoms with Crippen molar-refractivity contribution in [3.8, 4) is 5.75 Å². The van der Waals surface area contributed by atoms with E-state index in [1.807, 2.05) is 30.3 Å². The molecule has 0 aliphatic carbocycles. The predicted octanol–water partition coefficient (Wildman–Crippen LogP) is 2.62. The molecule has 0 bridgehead atoms. The second-order valence-corrected chi connectivity index (χ2v) is 3.91. The highest BCUT2D eigenvalue weighted by Crippen LogP contribution is 2.21. The number of alkyl halides is 2. The van der Waals surface area contributed by atoms with Crippen molar-refractivity contribution < 1.29 is 19.3 Å². The Morgan fingerprint density at radius 3 is 1.94 bits per heavy atom. The van der Waals surface area contributed by atoms with Crippen LogP contribution in [0.4, 0.5) is 8.78 Å². The van der Waals surface area contributed by atoms with Gasteiger partial charge in [-0.25, -0.2) is 0 Å². The van der Waals surface area contributed by atoms with Gasteiger partial charge in [0.2, 0.25) is 0 Å². The van der Waals surface area contributed by atoms with Crippen LogP contribution in [0.25, 0.3) is 0 Å². The summed E-state index contributed by atoms with van der Waals surface area (Å²) in [4.78, 5) is 0. The van der Waals surface area contributed by atoms with Gasteiger partial charge in [-0.3, -0.25) is 0 Å². The summed E-state index contributed by atoms with van der Waals surface area (Å²) in [5.74, 6) is 0.161. The topological polar surface area (TPSA) is 36.9 Å². The zero-order chi connectivity index (χ0) is 13.0. The highest BCUT2D eigenvalue weighted by atomic mass is 19.3. The largest absolute Gasteiger partial charge is 0.435 e. The fraction of sp³-hybridized carbons (Fsp3) is 0.143. The van der Waals surface area contributed by atoms with Crippen molar-refractivity contribution in [3.05, 3.63) is 65.7 Å². The van der Waals surface area contributed by atoms with E-state index in [0.29, 0.717) is 0 Å². The van der Waals surface area contributed by atoms with E-state index < -0.39 is 6.61 Å². The summed E-state index contributed by atoms with van der Waals surface area (Å²) in [5.41, 5.74) is 6.12. The van der Waals surface area contributed by atoms with E-state index >= 15 is 0 Å². The van der Waals surface area contributed by atoms with Crippen LogP contribution in [0.5, 0.6) is 5.75 Å². The quantitative estimate of drug-likeness (QED) is 0.889. The van der Waals surface area contributed by atoms with Gasteiger partial charge >= 0.3 is 6.61 Å². The molecule has 2 aromatic carbocycles. The summed E-state index contributed by atoms with van der Waals surface area (Å²) in [5, 5.41) is 0. The first kappa shape index (κ1) is 12.5. The van der Waals surface area contributed by atoms with Crippen LogP contribution in [0, 0.1) is 0 Å². The normalized spacial score (nSPS) is 12.4. The van der Waals surface area contributed by atoms with E-state index in [1.54, 1.807) is 12.1 Å². The van der Waals surface area contributed by atoms with Crippen LogP contribution in [-0.2, 0) is 0 Å². The molecule has 18 heavy (non-hydrogen) atoms. The molecule has 3 N–H and O–H groups in total. The van der Waals surface area contributed by atoms with Gasteiger partial charge in [-0.2, -0.15) is 8.78 Å². The zero-order valence-electron chi connectivity index (χ0n) is 9.72. The summed E-state index contributed by atoms with van der Waals surface area (Å²) in [6.07, 6.45) is 0. The SMILES string of the molecule is [NH3+][C@H](c1ccccc1)c1ccc(OC(F)F)cc1. The minimum absolute atomic E-state index is 0.0215. The van der Waals surface area contributed by atoms with Gasteiger partial charge in [-0.05, 0) is 24.3 Å². The molecule has 0 saturated carbocycles. The average Bonchev–Trinajstić information content (AvgIpc) is 2.39. The number of rotatable bonds is 4. The fourth-order valence-electron chi connectivity index (χ4n) is 1.76. The molecule has 1 atom stereocenters. The van der Waals surface area contributed by atoms with Gasteiger partial charge in [0.15, 0.2) is 0 Å². The van der Waals surface area contributed by atoms with E-state index in [2.05, 4.69) is 10.5 Å². The molecule has 0 amide bonds. The van der Waals surface area contributed by atoms with E-state index in [9.17, 15) is 8.78 Å². The Bertz CT molecular complexity index is 485. The molecule has 2 aromatic rings. The first-order chi connectivity index (χ1) is 8.66. The van der Waals surface area contributed by atoms with Gasteiger partial charge in [0, 0.05) is 11.1 Å². The Morgan fingerprint density at radius 1 is 0.833 bits per heavy atom. The molecule has 0 heterocycles. The van der Waals surface area contributed by atoms with Crippen molar-refractivity contribution in [2.24, 2.45) is 0 Å². The minimum atomic E-state index is -2.79. The molecule has 0 aromatic heterocycles. The van der Waals surface area contributed by atoms with E-state index in [-0.39, 0.29) is 11.8 Å². The highest BCUT2D eigenvalue weighted by molar-refractivity contribution is 5.33. The number of quaternary nitrogens is 1. The summed E-state index contributed by atoms with van der Waals surface area (Å²) in [6.45, 7) is -2.79. The molecule has 2 rings (SSSR count). The van der Waals surface area contributed by atoms with Gasteiger partial charge in [-0.15, -0.1) is 0 Å². The molecule has 4 heteroatoms. The molecular formula is C14H14F2NO+. The molecule has 94 valence electrons. The second kappa shape index (κ2) is 5.60. The first-order valence-electron chi connectivity index (χ1n) is 5.59. The van der Waals surface area contributed by atoms with Crippen molar-refractivity contribution in [2.75, 3.05) is 0 Å². The molecule has 0 spiro atoms. The highest BCUT2D eigenvalue weighted by Gasteiger charge is 2.12. The van der Waals surface area contributed by atoms with Crippen LogP contribution in [0.3, 0.4) is 0 Å². The Morgan fingerprint density at radius 2 is 1.39 bits per heavy atom. The minimum Gasteiger partial charge on any atom is -0.435 e. The van der Waals surface area contributed by atoms with Crippen LogP contribution in [0.15, 0.2) is 54.6 Å². The third-order valence-electron chi connectivity index (χ3n) is 2.71. The van der Waals surface area contributed by atoms with Crippen LogP contribution in [0.1, 0.15) is 17.2 Å². The monoisotopic (exact) mass is 250 g/mol. The van der Waals surface area contributed by atoms with Gasteiger partial charge in [0.25, 0.3) is 0 Å². The number of hydrogen-bond donors (Lipinski definition) is 1. The fourth-order valence-corrected chi connectivity index (χ4v) is 1.76. The first-order valence-corrected chi connectivity index (χ1v) is 5.59. The molecule has 2 nitrogen and oxygen atoms in total. The van der Waals surface area contributed by atoms with Gasteiger partial charge in [0.05, 0.1) is 0 Å². The third kappa shape index (κ3) is 3.05. The maximum Gasteiger partial charge on any atom is 0.387 e. The van der Waals surface area contributed by atoms with E-state index in [0.717, 1.165) is 11.1 Å². The van der Waals surface area contributed by atoms with E-state index in [4.69, 9.17) is 0 Å². The summed E-state index contributed by atoms with van der Waals surface area (Å²) in [7, 11) is 0. The number of benzene rings is 2. The standard InChI is InChI=1S/C14H13F2NO/c15-14(16)18-12-8-6-11(7-9-12)13(17)10-4-2-1-3-5-10/h1-9,13-14H,17H2/p+1/t13-/m1/s1. The smallest absolute Gasteiger partial charge is 0.387 e. The zero-order valence-corrected chi connectivity index (χ0v) is 9.72. The Kier molecular flexibility index (Phi) is 3.89. The Hall–Kier alpha value is -1.94. The van der Waals surface area contributed by atoms with Crippen molar-refractivity contribution in [3.63, 3.8) is 0 Å². The maximum atomic E-state index is 12.0. The van der Waals surface area contributed by atoms with Crippen molar-refractivity contribution in [1.82, 2.24) is 0 Å². The predicted molar refractivity (Wildman–Crippen MR) is 64.2 cm³/mol. The Labute approximate surface area is 104 Å². The number of ether oxygens (including phenoxy) is 1.